The van der Waals surface area contributed by atoms with Crippen LogP contribution >= 0.6 is 27.7 Å². The molecule has 30 heavy (non-hydrogen) atoms. The van der Waals surface area contributed by atoms with E-state index in [4.69, 9.17) is 4.74 Å². The summed E-state index contributed by atoms with van der Waals surface area (Å²) in [5.74, 6) is 1.38. The van der Waals surface area contributed by atoms with Crippen molar-refractivity contribution in [2.45, 2.75) is 37.2 Å². The molecule has 4 rings (SSSR count). The third-order valence-corrected chi connectivity index (χ3v) is 6.72. The van der Waals surface area contributed by atoms with E-state index in [1.54, 1.807) is 7.11 Å². The normalized spacial score (nSPS) is 17.8. The van der Waals surface area contributed by atoms with Gasteiger partial charge in [0.25, 0.3) is 0 Å². The van der Waals surface area contributed by atoms with Crippen LogP contribution in [0.25, 0.3) is 0 Å². The second-order valence-corrected chi connectivity index (χ2v) is 9.23. The van der Waals surface area contributed by atoms with E-state index < -0.39 is 5.25 Å². The minimum Gasteiger partial charge on any atom is -0.496 e. The van der Waals surface area contributed by atoms with Crippen molar-refractivity contribution in [1.29, 1.82) is 0 Å². The number of hydrogen-bond donors (Lipinski definition) is 2. The predicted molar refractivity (Wildman–Crippen MR) is 122 cm³/mol. The fraction of sp³-hybridized carbons (Fsp3) is 0.286. The summed E-state index contributed by atoms with van der Waals surface area (Å²) >= 11 is 4.95. The lowest BCUT2D eigenvalue weighted by Crippen LogP contribution is -2.41. The molecule has 0 bridgehead atoms. The quantitative estimate of drug-likeness (QED) is 0.568. The number of rotatable bonds is 4. The van der Waals surface area contributed by atoms with Crippen molar-refractivity contribution < 1.29 is 9.53 Å². The third kappa shape index (κ3) is 4.04. The summed E-state index contributed by atoms with van der Waals surface area (Å²) in [6.45, 7) is 5.91. The number of thioether (sulfide) groups is 1. The maximum absolute atomic E-state index is 13.3. The Morgan fingerprint density at radius 3 is 2.57 bits per heavy atom. The number of anilines is 1. The molecule has 3 aromatic rings. The molecule has 0 radical (unpaired) electrons. The average molecular weight is 488 g/mol. The smallest absolute Gasteiger partial charge is 0.240 e. The van der Waals surface area contributed by atoms with E-state index in [1.807, 2.05) is 55.8 Å². The Hall–Kier alpha value is -2.52. The Bertz CT molecular complexity index is 1100. The number of ether oxygens (including phenoxy) is 1. The minimum absolute atomic E-state index is 0.0960. The summed E-state index contributed by atoms with van der Waals surface area (Å²) in [7, 11) is 1.63. The van der Waals surface area contributed by atoms with Crippen molar-refractivity contribution in [3.8, 4) is 5.75 Å². The summed E-state index contributed by atoms with van der Waals surface area (Å²) in [5.41, 5.74) is 7.36. The zero-order valence-corrected chi connectivity index (χ0v) is 19.5. The van der Waals surface area contributed by atoms with E-state index in [0.29, 0.717) is 5.16 Å². The molecular formula is C21H22BrN5O2S. The fourth-order valence-electron chi connectivity index (χ4n) is 3.55. The average Bonchev–Trinajstić information content (AvgIpc) is 3.06. The summed E-state index contributed by atoms with van der Waals surface area (Å²) in [6.07, 6.45) is 0. The number of benzene rings is 2. The van der Waals surface area contributed by atoms with E-state index in [9.17, 15) is 4.79 Å². The summed E-state index contributed by atoms with van der Waals surface area (Å²) < 4.78 is 8.00. The lowest BCUT2D eigenvalue weighted by Gasteiger charge is -2.33. The molecule has 0 saturated heterocycles. The van der Waals surface area contributed by atoms with Crippen molar-refractivity contribution >= 4 is 39.3 Å². The van der Waals surface area contributed by atoms with E-state index in [1.165, 1.54) is 11.8 Å². The standard InChI is InChI=1S/C21H22BrN5O2S/c1-11-7-12(2)9-15(8-11)23-20(28)19-18(14-5-6-17(29-4)16(22)10-14)26-27-13(3)24-25-21(27)30-19/h5-10,18-19,26H,1-4H3,(H,23,28). The number of aromatic nitrogens is 3. The van der Waals surface area contributed by atoms with Crippen molar-refractivity contribution in [3.05, 3.63) is 63.4 Å². The molecule has 1 aliphatic heterocycles. The van der Waals surface area contributed by atoms with E-state index in [-0.39, 0.29) is 11.9 Å². The maximum atomic E-state index is 13.3. The van der Waals surface area contributed by atoms with Gasteiger partial charge in [0.15, 0.2) is 0 Å². The van der Waals surface area contributed by atoms with Gasteiger partial charge in [0, 0.05) is 5.69 Å². The highest BCUT2D eigenvalue weighted by Crippen LogP contribution is 2.39. The first-order valence-electron chi connectivity index (χ1n) is 9.43. The number of aryl methyl sites for hydroxylation is 3. The highest BCUT2D eigenvalue weighted by Gasteiger charge is 2.37. The van der Waals surface area contributed by atoms with Gasteiger partial charge in [-0.15, -0.1) is 10.2 Å². The summed E-state index contributed by atoms with van der Waals surface area (Å²) in [4.78, 5) is 13.3. The van der Waals surface area contributed by atoms with Crippen LogP contribution < -0.4 is 15.5 Å². The van der Waals surface area contributed by atoms with Gasteiger partial charge in [0.1, 0.15) is 16.8 Å². The molecule has 2 atom stereocenters. The largest absolute Gasteiger partial charge is 0.496 e. The van der Waals surface area contributed by atoms with Crippen LogP contribution in [-0.4, -0.2) is 33.1 Å². The van der Waals surface area contributed by atoms with Crippen LogP contribution in [0.3, 0.4) is 0 Å². The predicted octanol–water partition coefficient (Wildman–Crippen LogP) is 4.37. The van der Waals surface area contributed by atoms with Crippen LogP contribution in [0.1, 0.15) is 28.6 Å². The topological polar surface area (TPSA) is 81.1 Å². The molecule has 0 fully saturated rings. The number of methoxy groups -OCH3 is 1. The van der Waals surface area contributed by atoms with Gasteiger partial charge < -0.3 is 15.5 Å². The highest BCUT2D eigenvalue weighted by molar-refractivity contribution is 9.10. The van der Waals surface area contributed by atoms with Gasteiger partial charge in [0.05, 0.1) is 17.6 Å². The Labute approximate surface area is 187 Å². The molecule has 2 aromatic carbocycles. The fourth-order valence-corrected chi connectivity index (χ4v) is 5.23. The van der Waals surface area contributed by atoms with Gasteiger partial charge in [-0.1, -0.05) is 23.9 Å². The van der Waals surface area contributed by atoms with Gasteiger partial charge in [-0.3, -0.25) is 4.79 Å². The van der Waals surface area contributed by atoms with E-state index in [0.717, 1.165) is 38.4 Å². The number of fused-ring (bicyclic) bond motifs is 1. The second-order valence-electron chi connectivity index (χ2n) is 7.27. The molecule has 2 heterocycles. The SMILES string of the molecule is COc1ccc(C2Nn3c(C)nnc3SC2C(=O)Nc2cc(C)cc(C)c2)cc1Br. The van der Waals surface area contributed by atoms with Crippen molar-refractivity contribution in [2.75, 3.05) is 17.9 Å². The van der Waals surface area contributed by atoms with Crippen molar-refractivity contribution in [3.63, 3.8) is 0 Å². The van der Waals surface area contributed by atoms with Gasteiger partial charge in [-0.25, -0.2) is 4.68 Å². The maximum Gasteiger partial charge on any atom is 0.240 e. The van der Waals surface area contributed by atoms with Crippen LogP contribution in [0.15, 0.2) is 46.0 Å². The molecule has 0 spiro atoms. The van der Waals surface area contributed by atoms with Crippen LogP contribution in [0.4, 0.5) is 5.69 Å². The number of amides is 1. The first-order valence-corrected chi connectivity index (χ1v) is 11.1. The van der Waals surface area contributed by atoms with Crippen LogP contribution in [0.2, 0.25) is 0 Å². The van der Waals surface area contributed by atoms with Crippen LogP contribution in [0, 0.1) is 20.8 Å². The lowest BCUT2D eigenvalue weighted by atomic mass is 10.0. The molecule has 9 heteroatoms. The number of hydrogen-bond acceptors (Lipinski definition) is 6. The molecule has 0 saturated carbocycles. The van der Waals surface area contributed by atoms with E-state index >= 15 is 0 Å². The van der Waals surface area contributed by atoms with Crippen LogP contribution in [0.5, 0.6) is 5.75 Å². The molecule has 0 aliphatic carbocycles. The van der Waals surface area contributed by atoms with Gasteiger partial charge in [-0.05, 0) is 77.7 Å². The summed E-state index contributed by atoms with van der Waals surface area (Å²) in [5, 5.41) is 11.6. The number of nitrogens with zero attached hydrogens (tertiary/aromatic N) is 3. The second kappa shape index (κ2) is 8.31. The number of halogens is 1. The molecule has 2 unspecified atom stereocenters. The van der Waals surface area contributed by atoms with Gasteiger partial charge >= 0.3 is 0 Å². The van der Waals surface area contributed by atoms with Crippen molar-refractivity contribution in [2.24, 2.45) is 0 Å². The Balaban J connectivity index is 1.69. The monoisotopic (exact) mass is 487 g/mol. The zero-order chi connectivity index (χ0) is 21.4. The minimum atomic E-state index is -0.442. The van der Waals surface area contributed by atoms with Crippen LogP contribution in [-0.2, 0) is 4.79 Å². The molecule has 156 valence electrons. The zero-order valence-electron chi connectivity index (χ0n) is 17.1. The number of nitrogens with one attached hydrogen (secondary N) is 2. The van der Waals surface area contributed by atoms with Gasteiger partial charge in [-0.2, -0.15) is 0 Å². The molecule has 1 amide bonds. The Morgan fingerprint density at radius 2 is 1.90 bits per heavy atom. The molecule has 1 aliphatic rings. The third-order valence-electron chi connectivity index (χ3n) is 4.88. The molecule has 7 nitrogen and oxygen atoms in total. The molecule has 2 N–H and O–H groups in total. The number of carbonyl (C=O) groups is 1. The molecular weight excluding hydrogens is 466 g/mol. The van der Waals surface area contributed by atoms with Crippen molar-refractivity contribution in [1.82, 2.24) is 14.9 Å². The Kier molecular flexibility index (Phi) is 5.75. The van der Waals surface area contributed by atoms with E-state index in [2.05, 4.69) is 42.9 Å². The Morgan fingerprint density at radius 1 is 1.17 bits per heavy atom. The van der Waals surface area contributed by atoms with Gasteiger partial charge in [0.2, 0.25) is 11.1 Å². The molecule has 1 aromatic heterocycles. The number of carbonyl (C=O) groups excluding carboxylic acids is 1. The lowest BCUT2D eigenvalue weighted by molar-refractivity contribution is -0.116. The first kappa shape index (κ1) is 20.7. The highest BCUT2D eigenvalue weighted by atomic mass is 79.9. The summed E-state index contributed by atoms with van der Waals surface area (Å²) in [6, 6.07) is 11.6. The first-order chi connectivity index (χ1) is 14.4.